The number of nitrogens with zero attached hydrogens (tertiary/aromatic N) is 2. The molecular formula is C12H18N4O2. The van der Waals surface area contributed by atoms with Crippen molar-refractivity contribution in [1.29, 1.82) is 0 Å². The third kappa shape index (κ3) is 2.95. The number of likely N-dealkylation sites (tertiary alicyclic amines) is 1. The molecule has 0 bridgehead atoms. The predicted octanol–water partition coefficient (Wildman–Crippen LogP) is -0.305. The van der Waals surface area contributed by atoms with E-state index >= 15 is 0 Å². The lowest BCUT2D eigenvalue weighted by atomic mass is 9.94. The van der Waals surface area contributed by atoms with Crippen LogP contribution in [-0.2, 0) is 4.79 Å². The third-order valence-electron chi connectivity index (χ3n) is 3.24. The molecule has 98 valence electrons. The van der Waals surface area contributed by atoms with Crippen LogP contribution in [0.5, 0.6) is 0 Å². The quantitative estimate of drug-likeness (QED) is 0.771. The van der Waals surface area contributed by atoms with Gasteiger partial charge in [0, 0.05) is 30.9 Å². The fraction of sp³-hybridized carbons (Fsp3) is 0.583. The minimum absolute atomic E-state index is 0.110. The van der Waals surface area contributed by atoms with Gasteiger partial charge in [-0.3, -0.25) is 4.79 Å². The zero-order chi connectivity index (χ0) is 13.0. The van der Waals surface area contributed by atoms with Crippen LogP contribution in [0.25, 0.3) is 0 Å². The fourth-order valence-electron chi connectivity index (χ4n) is 2.34. The molecule has 0 aromatic carbocycles. The number of amides is 1. The number of carbonyl (C=O) groups excluding carboxylic acids is 1. The number of aromatic amines is 1. The van der Waals surface area contributed by atoms with Crippen LogP contribution in [0.2, 0.25) is 0 Å². The maximum Gasteiger partial charge on any atom is 0.345 e. The number of piperidine rings is 1. The second kappa shape index (κ2) is 5.77. The lowest BCUT2D eigenvalue weighted by Gasteiger charge is -2.32. The Morgan fingerprint density at radius 2 is 2.50 bits per heavy atom. The van der Waals surface area contributed by atoms with Crippen molar-refractivity contribution >= 4 is 5.91 Å². The molecule has 0 saturated carbocycles. The highest BCUT2D eigenvalue weighted by atomic mass is 16.2. The van der Waals surface area contributed by atoms with E-state index in [9.17, 15) is 9.59 Å². The van der Waals surface area contributed by atoms with Crippen molar-refractivity contribution < 1.29 is 4.79 Å². The van der Waals surface area contributed by atoms with Crippen molar-refractivity contribution in [1.82, 2.24) is 20.2 Å². The van der Waals surface area contributed by atoms with Crippen LogP contribution >= 0.6 is 0 Å². The lowest BCUT2D eigenvalue weighted by molar-refractivity contribution is -0.131. The number of nitrogens with one attached hydrogen (secondary N) is 2. The Morgan fingerprint density at radius 3 is 3.22 bits per heavy atom. The summed E-state index contributed by atoms with van der Waals surface area (Å²) in [6, 6.07) is 1.82. The van der Waals surface area contributed by atoms with E-state index < -0.39 is 0 Å². The Balaban J connectivity index is 2.07. The summed E-state index contributed by atoms with van der Waals surface area (Å²) in [4.78, 5) is 31.2. The van der Waals surface area contributed by atoms with Crippen LogP contribution in [0, 0.1) is 0 Å². The summed E-state index contributed by atoms with van der Waals surface area (Å²) in [5.74, 6) is 0.314. The molecule has 0 spiro atoms. The maximum absolute atomic E-state index is 11.8. The van der Waals surface area contributed by atoms with Crippen LogP contribution in [0.3, 0.4) is 0 Å². The van der Waals surface area contributed by atoms with E-state index in [1.54, 1.807) is 7.05 Å². The molecule has 0 radical (unpaired) electrons. The summed E-state index contributed by atoms with van der Waals surface area (Å²) in [5, 5.41) is 2.87. The Morgan fingerprint density at radius 1 is 1.67 bits per heavy atom. The van der Waals surface area contributed by atoms with E-state index in [2.05, 4.69) is 15.3 Å². The number of H-pyrrole nitrogens is 1. The van der Waals surface area contributed by atoms with Gasteiger partial charge in [0.2, 0.25) is 5.91 Å². The summed E-state index contributed by atoms with van der Waals surface area (Å²) in [6.45, 7) is 1.83. The first-order chi connectivity index (χ1) is 8.70. The highest BCUT2D eigenvalue weighted by Gasteiger charge is 2.24. The second-order valence-electron chi connectivity index (χ2n) is 4.54. The van der Waals surface area contributed by atoms with E-state index in [1.165, 1.54) is 6.20 Å². The van der Waals surface area contributed by atoms with Crippen LogP contribution in [0.15, 0.2) is 17.1 Å². The zero-order valence-corrected chi connectivity index (χ0v) is 10.5. The molecule has 1 aliphatic rings. The molecule has 6 heteroatoms. The van der Waals surface area contributed by atoms with Crippen molar-refractivity contribution in [2.75, 3.05) is 26.7 Å². The fourth-order valence-corrected chi connectivity index (χ4v) is 2.34. The normalized spacial score (nSPS) is 19.8. The number of likely N-dealkylation sites (N-methyl/N-ethyl adjacent to an activating group) is 1. The topological polar surface area (TPSA) is 78.1 Å². The summed E-state index contributed by atoms with van der Waals surface area (Å²) >= 11 is 0. The van der Waals surface area contributed by atoms with E-state index in [0.717, 1.165) is 25.1 Å². The molecule has 6 nitrogen and oxygen atoms in total. The van der Waals surface area contributed by atoms with Crippen LogP contribution < -0.4 is 11.0 Å². The molecule has 1 aromatic heterocycles. The van der Waals surface area contributed by atoms with Gasteiger partial charge in [-0.2, -0.15) is 0 Å². The molecule has 1 saturated heterocycles. The van der Waals surface area contributed by atoms with Crippen LogP contribution in [0.4, 0.5) is 0 Å². The zero-order valence-electron chi connectivity index (χ0n) is 10.5. The van der Waals surface area contributed by atoms with Crippen molar-refractivity contribution in [3.05, 3.63) is 28.4 Å². The first-order valence-electron chi connectivity index (χ1n) is 6.18. The first-order valence-corrected chi connectivity index (χ1v) is 6.18. The molecular weight excluding hydrogens is 232 g/mol. The lowest BCUT2D eigenvalue weighted by Crippen LogP contribution is -2.43. The smallest absolute Gasteiger partial charge is 0.341 e. The molecule has 1 fully saturated rings. The molecule has 0 aliphatic carbocycles. The number of rotatable bonds is 3. The molecule has 1 atom stereocenters. The van der Waals surface area contributed by atoms with E-state index in [4.69, 9.17) is 0 Å². The van der Waals surface area contributed by atoms with Gasteiger partial charge in [-0.25, -0.2) is 9.78 Å². The van der Waals surface area contributed by atoms with Crippen molar-refractivity contribution in [3.63, 3.8) is 0 Å². The second-order valence-corrected chi connectivity index (χ2v) is 4.54. The highest BCUT2D eigenvalue weighted by Crippen LogP contribution is 2.24. The van der Waals surface area contributed by atoms with E-state index in [1.807, 2.05) is 11.0 Å². The average molecular weight is 250 g/mol. The monoisotopic (exact) mass is 250 g/mol. The molecule has 2 rings (SSSR count). The molecule has 18 heavy (non-hydrogen) atoms. The summed E-state index contributed by atoms with van der Waals surface area (Å²) in [6.07, 6.45) is 3.47. The van der Waals surface area contributed by atoms with Crippen molar-refractivity contribution in [3.8, 4) is 0 Å². The number of carbonyl (C=O) groups is 1. The predicted molar refractivity (Wildman–Crippen MR) is 67.3 cm³/mol. The molecule has 1 amide bonds. The largest absolute Gasteiger partial charge is 0.345 e. The van der Waals surface area contributed by atoms with Gasteiger partial charge in [-0.15, -0.1) is 0 Å². The molecule has 1 aromatic rings. The van der Waals surface area contributed by atoms with Crippen LogP contribution in [0.1, 0.15) is 24.5 Å². The van der Waals surface area contributed by atoms with E-state index in [0.29, 0.717) is 13.1 Å². The van der Waals surface area contributed by atoms with Crippen molar-refractivity contribution in [2.45, 2.75) is 18.8 Å². The van der Waals surface area contributed by atoms with Gasteiger partial charge in [0.15, 0.2) is 0 Å². The van der Waals surface area contributed by atoms with Crippen LogP contribution in [-0.4, -0.2) is 47.5 Å². The first kappa shape index (κ1) is 12.8. The average Bonchev–Trinajstić information content (AvgIpc) is 2.39. The minimum Gasteiger partial charge on any atom is -0.341 e. The minimum atomic E-state index is -0.328. The number of aromatic nitrogens is 2. The third-order valence-corrected chi connectivity index (χ3v) is 3.24. The highest BCUT2D eigenvalue weighted by molar-refractivity contribution is 5.78. The maximum atomic E-state index is 11.8. The summed E-state index contributed by atoms with van der Waals surface area (Å²) in [7, 11) is 1.76. The number of hydrogen-bond acceptors (Lipinski definition) is 4. The summed E-state index contributed by atoms with van der Waals surface area (Å²) in [5.41, 5.74) is 0.545. The van der Waals surface area contributed by atoms with Gasteiger partial charge in [0.25, 0.3) is 0 Å². The van der Waals surface area contributed by atoms with Gasteiger partial charge < -0.3 is 15.2 Å². The molecule has 2 heterocycles. The SMILES string of the molecule is CNCC(=O)N1CCC[C@@H](c2ccnc(=O)[nH]2)C1. The number of hydrogen-bond donors (Lipinski definition) is 2. The molecule has 2 N–H and O–H groups in total. The van der Waals surface area contributed by atoms with Gasteiger partial charge in [-0.1, -0.05) is 0 Å². The Hall–Kier alpha value is -1.69. The van der Waals surface area contributed by atoms with Gasteiger partial charge in [-0.05, 0) is 26.0 Å². The molecule has 1 aliphatic heterocycles. The van der Waals surface area contributed by atoms with Gasteiger partial charge in [0.1, 0.15) is 0 Å². The van der Waals surface area contributed by atoms with E-state index in [-0.39, 0.29) is 17.5 Å². The van der Waals surface area contributed by atoms with Crippen molar-refractivity contribution in [2.24, 2.45) is 0 Å². The standard InChI is InChI=1S/C12H18N4O2/c1-13-7-11(17)16-6-2-3-9(8-16)10-4-5-14-12(18)15-10/h4-5,9,13H,2-3,6-8H2,1H3,(H,14,15,18)/t9-/m1/s1. The molecule has 0 unspecified atom stereocenters. The Kier molecular flexibility index (Phi) is 4.09. The Bertz CT molecular complexity index is 471. The Labute approximate surface area is 105 Å². The van der Waals surface area contributed by atoms with Gasteiger partial charge >= 0.3 is 5.69 Å². The van der Waals surface area contributed by atoms with Gasteiger partial charge in [0.05, 0.1) is 6.54 Å². The summed E-state index contributed by atoms with van der Waals surface area (Å²) < 4.78 is 0.